The predicted octanol–water partition coefficient (Wildman–Crippen LogP) is 6.58. The molecule has 180 valence electrons. The lowest BCUT2D eigenvalue weighted by molar-refractivity contribution is 0.254. The number of unbranched alkanes of at least 4 members (excludes halogenated alkanes) is 1. The molecule has 0 radical (unpaired) electrons. The molecule has 0 bridgehead atoms. The molecule has 35 heavy (non-hydrogen) atoms. The zero-order chi connectivity index (χ0) is 24.0. The van der Waals surface area contributed by atoms with Crippen LogP contribution in [0.25, 0.3) is 22.0 Å². The smallest absolute Gasteiger partial charge is 0.118 e. The largest absolute Gasteiger partial charge is 0.497 e. The molecule has 0 spiro atoms. The summed E-state index contributed by atoms with van der Waals surface area (Å²) in [7, 11) is 1.69. The Labute approximate surface area is 208 Å². The molecule has 0 unspecified atom stereocenters. The van der Waals surface area contributed by atoms with Crippen LogP contribution in [0.5, 0.6) is 5.75 Å². The summed E-state index contributed by atoms with van der Waals surface area (Å²) in [5.41, 5.74) is 6.73. The summed E-state index contributed by atoms with van der Waals surface area (Å²) in [6.45, 7) is 7.99. The maximum atomic E-state index is 5.30. The van der Waals surface area contributed by atoms with Crippen molar-refractivity contribution in [2.75, 3.05) is 50.1 Å². The van der Waals surface area contributed by atoms with Gasteiger partial charge in [0.25, 0.3) is 0 Å². The van der Waals surface area contributed by atoms with Gasteiger partial charge in [-0.15, -0.1) is 0 Å². The molecule has 1 aromatic heterocycles. The number of aromatic nitrogens is 1. The Bertz CT molecular complexity index is 1250. The average Bonchev–Trinajstić information content (AvgIpc) is 2.93. The molecule has 1 N–H and O–H groups in total. The molecule has 1 aliphatic rings. The Morgan fingerprint density at radius 3 is 2.31 bits per heavy atom. The fraction of sp³-hybridized carbons (Fsp3) is 0.300. The molecule has 0 saturated carbocycles. The van der Waals surface area contributed by atoms with Gasteiger partial charge in [-0.25, -0.2) is 0 Å². The molecule has 4 aromatic rings. The molecular weight excluding hydrogens is 432 g/mol. The zero-order valence-electron chi connectivity index (χ0n) is 20.7. The van der Waals surface area contributed by atoms with Crippen LogP contribution in [0, 0.1) is 0 Å². The minimum absolute atomic E-state index is 0.861. The number of ether oxygens (including phenoxy) is 1. The van der Waals surface area contributed by atoms with E-state index in [2.05, 4.69) is 81.6 Å². The van der Waals surface area contributed by atoms with Crippen molar-refractivity contribution in [3.05, 3.63) is 79.0 Å². The minimum Gasteiger partial charge on any atom is -0.497 e. The molecule has 3 aromatic carbocycles. The van der Waals surface area contributed by atoms with Crippen molar-refractivity contribution in [1.29, 1.82) is 0 Å². The Balaban J connectivity index is 1.31. The topological polar surface area (TPSA) is 40.6 Å². The first kappa shape index (κ1) is 23.2. The second kappa shape index (κ2) is 10.8. The quantitative estimate of drug-likeness (QED) is 0.318. The Hall–Kier alpha value is -3.57. The van der Waals surface area contributed by atoms with Gasteiger partial charge in [-0.1, -0.05) is 31.5 Å². The number of nitrogens with one attached hydrogen (secondary N) is 1. The number of benzene rings is 3. The normalized spacial score (nSPS) is 14.3. The van der Waals surface area contributed by atoms with Crippen molar-refractivity contribution in [3.63, 3.8) is 0 Å². The van der Waals surface area contributed by atoms with E-state index in [0.29, 0.717) is 0 Å². The van der Waals surface area contributed by atoms with Crippen molar-refractivity contribution in [3.8, 4) is 16.9 Å². The SMILES string of the molecule is CCCCN1CCN(c2ccc(Nc3ccnc4ccc(-c5ccc(OC)cc5)cc34)cc2)CC1. The molecule has 1 saturated heterocycles. The first-order valence-corrected chi connectivity index (χ1v) is 12.6. The maximum Gasteiger partial charge on any atom is 0.118 e. The number of anilines is 3. The molecule has 0 amide bonds. The third-order valence-corrected chi connectivity index (χ3v) is 6.88. The summed E-state index contributed by atoms with van der Waals surface area (Å²) in [6, 6.07) is 25.5. The molecule has 5 heteroatoms. The van der Waals surface area contributed by atoms with Crippen LogP contribution in [0.1, 0.15) is 19.8 Å². The van der Waals surface area contributed by atoms with Crippen molar-refractivity contribution >= 4 is 28.0 Å². The number of pyridine rings is 1. The van der Waals surface area contributed by atoms with Crippen LogP contribution in [0.4, 0.5) is 17.1 Å². The van der Waals surface area contributed by atoms with Gasteiger partial charge >= 0.3 is 0 Å². The van der Waals surface area contributed by atoms with Crippen LogP contribution in [-0.4, -0.2) is 49.7 Å². The lowest BCUT2D eigenvalue weighted by Crippen LogP contribution is -2.46. The highest BCUT2D eigenvalue weighted by Crippen LogP contribution is 2.31. The van der Waals surface area contributed by atoms with Gasteiger partial charge in [-0.2, -0.15) is 0 Å². The van der Waals surface area contributed by atoms with Gasteiger partial charge in [0.15, 0.2) is 0 Å². The molecule has 2 heterocycles. The summed E-state index contributed by atoms with van der Waals surface area (Å²) in [5, 5.41) is 4.72. The summed E-state index contributed by atoms with van der Waals surface area (Å²) in [6.07, 6.45) is 4.43. The lowest BCUT2D eigenvalue weighted by Gasteiger charge is -2.36. The van der Waals surface area contributed by atoms with Crippen LogP contribution in [-0.2, 0) is 0 Å². The molecule has 1 fully saturated rings. The van der Waals surface area contributed by atoms with E-state index < -0.39 is 0 Å². The highest BCUT2D eigenvalue weighted by Gasteiger charge is 2.16. The summed E-state index contributed by atoms with van der Waals surface area (Å²) < 4.78 is 5.30. The monoisotopic (exact) mass is 466 g/mol. The van der Waals surface area contributed by atoms with Crippen LogP contribution in [0.3, 0.4) is 0 Å². The maximum absolute atomic E-state index is 5.30. The molecule has 5 rings (SSSR count). The number of hydrogen-bond acceptors (Lipinski definition) is 5. The van der Waals surface area contributed by atoms with E-state index in [1.54, 1.807) is 7.11 Å². The molecule has 1 aliphatic heterocycles. The van der Waals surface area contributed by atoms with E-state index >= 15 is 0 Å². The zero-order valence-corrected chi connectivity index (χ0v) is 20.7. The Kier molecular flexibility index (Phi) is 7.15. The number of rotatable bonds is 8. The van der Waals surface area contributed by atoms with Crippen molar-refractivity contribution in [1.82, 2.24) is 9.88 Å². The molecule has 5 nitrogen and oxygen atoms in total. The number of nitrogens with zero attached hydrogens (tertiary/aromatic N) is 3. The minimum atomic E-state index is 0.861. The third-order valence-electron chi connectivity index (χ3n) is 6.88. The van der Waals surface area contributed by atoms with Gasteiger partial charge in [-0.3, -0.25) is 9.88 Å². The summed E-state index contributed by atoms with van der Waals surface area (Å²) in [5.74, 6) is 0.861. The standard InChI is InChI=1S/C30H34N4O/c1-3-4-17-33-18-20-34(21-19-33)26-10-8-25(9-11-26)32-30-15-16-31-29-14-7-24(22-28(29)30)23-5-12-27(35-2)13-6-23/h5-16,22H,3-4,17-21H2,1-2H3,(H,31,32). The number of methoxy groups -OCH3 is 1. The first-order chi connectivity index (χ1) is 17.2. The van der Waals surface area contributed by atoms with Gasteiger partial charge in [0, 0.05) is 54.8 Å². The van der Waals surface area contributed by atoms with Gasteiger partial charge < -0.3 is 15.0 Å². The second-order valence-corrected chi connectivity index (χ2v) is 9.17. The summed E-state index contributed by atoms with van der Waals surface area (Å²) in [4.78, 5) is 9.66. The first-order valence-electron chi connectivity index (χ1n) is 12.6. The lowest BCUT2D eigenvalue weighted by atomic mass is 10.0. The van der Waals surface area contributed by atoms with Crippen molar-refractivity contribution in [2.24, 2.45) is 0 Å². The van der Waals surface area contributed by atoms with Crippen molar-refractivity contribution in [2.45, 2.75) is 19.8 Å². The molecule has 0 atom stereocenters. The van der Waals surface area contributed by atoms with Gasteiger partial charge in [0.05, 0.1) is 12.6 Å². The van der Waals surface area contributed by atoms with Crippen LogP contribution in [0.2, 0.25) is 0 Å². The highest BCUT2D eigenvalue weighted by atomic mass is 16.5. The average molecular weight is 467 g/mol. The van der Waals surface area contributed by atoms with E-state index in [0.717, 1.165) is 65.3 Å². The Morgan fingerprint density at radius 1 is 0.857 bits per heavy atom. The highest BCUT2D eigenvalue weighted by molar-refractivity contribution is 5.95. The fourth-order valence-electron chi connectivity index (χ4n) is 4.74. The second-order valence-electron chi connectivity index (χ2n) is 9.17. The van der Waals surface area contributed by atoms with Crippen LogP contribution < -0.4 is 15.0 Å². The summed E-state index contributed by atoms with van der Waals surface area (Å²) >= 11 is 0. The number of piperazine rings is 1. The van der Waals surface area contributed by atoms with E-state index in [1.165, 1.54) is 25.1 Å². The van der Waals surface area contributed by atoms with Crippen LogP contribution >= 0.6 is 0 Å². The fourth-order valence-corrected chi connectivity index (χ4v) is 4.74. The van der Waals surface area contributed by atoms with Gasteiger partial charge in [0.2, 0.25) is 0 Å². The van der Waals surface area contributed by atoms with E-state index in [1.807, 2.05) is 24.4 Å². The van der Waals surface area contributed by atoms with Crippen LogP contribution in [0.15, 0.2) is 79.0 Å². The van der Waals surface area contributed by atoms with Gasteiger partial charge in [-0.05, 0) is 78.7 Å². The van der Waals surface area contributed by atoms with Gasteiger partial charge in [0.1, 0.15) is 5.75 Å². The van der Waals surface area contributed by atoms with E-state index in [4.69, 9.17) is 4.74 Å². The third kappa shape index (κ3) is 5.41. The number of fused-ring (bicyclic) bond motifs is 1. The predicted molar refractivity (Wildman–Crippen MR) is 147 cm³/mol. The Morgan fingerprint density at radius 2 is 1.60 bits per heavy atom. The number of hydrogen-bond donors (Lipinski definition) is 1. The molecule has 0 aliphatic carbocycles. The van der Waals surface area contributed by atoms with E-state index in [-0.39, 0.29) is 0 Å². The molecular formula is C30H34N4O. The van der Waals surface area contributed by atoms with Crippen molar-refractivity contribution < 1.29 is 4.74 Å². The van der Waals surface area contributed by atoms with E-state index in [9.17, 15) is 0 Å².